The van der Waals surface area contributed by atoms with Crippen LogP contribution in [0.2, 0.25) is 0 Å². The number of urea groups is 1. The van der Waals surface area contributed by atoms with E-state index >= 15 is 0 Å². The number of hydrogen-bond donors (Lipinski definition) is 2. The fourth-order valence-electron chi connectivity index (χ4n) is 2.09. The molecule has 0 atom stereocenters. The zero-order chi connectivity index (χ0) is 15.2. The van der Waals surface area contributed by atoms with E-state index in [9.17, 15) is 4.79 Å². The number of nitrogen functional groups attached to an aromatic ring is 1. The first kappa shape index (κ1) is 14.7. The van der Waals surface area contributed by atoms with E-state index in [2.05, 4.69) is 5.32 Å². The van der Waals surface area contributed by atoms with Crippen LogP contribution in [0, 0.1) is 0 Å². The topological polar surface area (TPSA) is 67.6 Å². The Morgan fingerprint density at radius 1 is 1.19 bits per heavy atom. The first-order chi connectivity index (χ1) is 10.2. The second-order valence-electron chi connectivity index (χ2n) is 4.43. The highest BCUT2D eigenvalue weighted by Gasteiger charge is 2.17. The van der Waals surface area contributed by atoms with Gasteiger partial charge in [-0.3, -0.25) is 4.90 Å². The van der Waals surface area contributed by atoms with Crippen LogP contribution in [0.3, 0.4) is 0 Å². The molecule has 110 valence electrons. The second kappa shape index (κ2) is 6.65. The Labute approximate surface area is 124 Å². The minimum Gasteiger partial charge on any atom is -0.495 e. The van der Waals surface area contributed by atoms with E-state index in [-0.39, 0.29) is 6.03 Å². The lowest BCUT2D eigenvalue weighted by molar-refractivity contribution is 0.257. The zero-order valence-electron chi connectivity index (χ0n) is 12.2. The summed E-state index contributed by atoms with van der Waals surface area (Å²) in [5, 5.41) is 2.84. The maximum Gasteiger partial charge on any atom is 0.326 e. The number of para-hydroxylation sites is 4. The van der Waals surface area contributed by atoms with E-state index in [1.807, 2.05) is 37.3 Å². The summed E-state index contributed by atoms with van der Waals surface area (Å²) in [6.45, 7) is 2.41. The van der Waals surface area contributed by atoms with Crippen molar-refractivity contribution >= 4 is 23.1 Å². The van der Waals surface area contributed by atoms with Crippen LogP contribution in [0.5, 0.6) is 5.75 Å². The molecule has 0 aliphatic heterocycles. The van der Waals surface area contributed by atoms with Gasteiger partial charge in [-0.2, -0.15) is 0 Å². The molecule has 2 aromatic rings. The SMILES string of the molecule is CCN(C(=O)Nc1ccccc1OC)c1ccccc1N. The number of carbonyl (C=O) groups excluding carboxylic acids is 1. The molecule has 0 saturated heterocycles. The molecular weight excluding hydrogens is 266 g/mol. The molecule has 0 aliphatic carbocycles. The Balaban J connectivity index is 2.24. The predicted molar refractivity (Wildman–Crippen MR) is 85.9 cm³/mol. The maximum atomic E-state index is 12.5. The molecule has 0 spiro atoms. The fourth-order valence-corrected chi connectivity index (χ4v) is 2.09. The van der Waals surface area contributed by atoms with Crippen LogP contribution in [0.15, 0.2) is 48.5 Å². The van der Waals surface area contributed by atoms with Gasteiger partial charge in [-0.25, -0.2) is 4.79 Å². The lowest BCUT2D eigenvalue weighted by atomic mass is 10.2. The molecule has 0 aromatic heterocycles. The van der Waals surface area contributed by atoms with Crippen LogP contribution in [0.25, 0.3) is 0 Å². The lowest BCUT2D eigenvalue weighted by Crippen LogP contribution is -2.35. The van der Waals surface area contributed by atoms with E-state index in [0.29, 0.717) is 29.4 Å². The second-order valence-corrected chi connectivity index (χ2v) is 4.43. The van der Waals surface area contributed by atoms with Crippen molar-refractivity contribution < 1.29 is 9.53 Å². The monoisotopic (exact) mass is 285 g/mol. The van der Waals surface area contributed by atoms with Gasteiger partial charge in [-0.05, 0) is 31.2 Å². The quantitative estimate of drug-likeness (QED) is 0.847. The zero-order valence-corrected chi connectivity index (χ0v) is 12.2. The molecule has 0 radical (unpaired) electrons. The maximum absolute atomic E-state index is 12.5. The van der Waals surface area contributed by atoms with Gasteiger partial charge in [0.1, 0.15) is 5.75 Å². The molecule has 3 N–H and O–H groups in total. The average molecular weight is 285 g/mol. The number of amides is 2. The van der Waals surface area contributed by atoms with Gasteiger partial charge in [-0.15, -0.1) is 0 Å². The Bertz CT molecular complexity index is 628. The van der Waals surface area contributed by atoms with Crippen LogP contribution >= 0.6 is 0 Å². The molecule has 0 unspecified atom stereocenters. The van der Waals surface area contributed by atoms with Crippen LogP contribution in [0.4, 0.5) is 21.9 Å². The fraction of sp³-hybridized carbons (Fsp3) is 0.188. The number of carbonyl (C=O) groups is 1. The number of methoxy groups -OCH3 is 1. The van der Waals surface area contributed by atoms with Crippen molar-refractivity contribution in [1.82, 2.24) is 0 Å². The molecule has 2 aromatic carbocycles. The summed E-state index contributed by atoms with van der Waals surface area (Å²) >= 11 is 0. The Morgan fingerprint density at radius 2 is 1.86 bits per heavy atom. The standard InChI is InChI=1S/C16H19N3O2/c1-3-19(14-10-6-4-8-12(14)17)16(20)18-13-9-5-7-11-15(13)21-2/h4-11H,3,17H2,1-2H3,(H,18,20). The molecule has 0 bridgehead atoms. The molecule has 0 saturated carbocycles. The van der Waals surface area contributed by atoms with Crippen LogP contribution < -0.4 is 20.7 Å². The lowest BCUT2D eigenvalue weighted by Gasteiger charge is -2.23. The molecular formula is C16H19N3O2. The molecule has 0 fully saturated rings. The Morgan fingerprint density at radius 3 is 2.52 bits per heavy atom. The number of nitrogens with two attached hydrogens (primary N) is 1. The summed E-state index contributed by atoms with van der Waals surface area (Å²) in [7, 11) is 1.57. The van der Waals surface area contributed by atoms with Crippen molar-refractivity contribution in [2.24, 2.45) is 0 Å². The first-order valence-electron chi connectivity index (χ1n) is 6.73. The van der Waals surface area contributed by atoms with Gasteiger partial charge in [0.05, 0.1) is 24.2 Å². The van der Waals surface area contributed by atoms with Crippen LogP contribution in [-0.2, 0) is 0 Å². The summed E-state index contributed by atoms with van der Waals surface area (Å²) in [5.74, 6) is 0.614. The summed E-state index contributed by atoms with van der Waals surface area (Å²) in [6, 6.07) is 14.3. The van der Waals surface area contributed by atoms with Crippen molar-refractivity contribution in [3.05, 3.63) is 48.5 Å². The van der Waals surface area contributed by atoms with Crippen molar-refractivity contribution in [1.29, 1.82) is 0 Å². The highest BCUT2D eigenvalue weighted by atomic mass is 16.5. The third kappa shape index (κ3) is 3.25. The summed E-state index contributed by atoms with van der Waals surface area (Å²) in [4.78, 5) is 14.1. The van der Waals surface area contributed by atoms with E-state index in [1.165, 1.54) is 0 Å². The summed E-state index contributed by atoms with van der Waals surface area (Å²) in [5.41, 5.74) is 7.81. The number of anilines is 3. The summed E-state index contributed by atoms with van der Waals surface area (Å²) < 4.78 is 5.23. The van der Waals surface area contributed by atoms with E-state index < -0.39 is 0 Å². The van der Waals surface area contributed by atoms with Gasteiger partial charge < -0.3 is 15.8 Å². The van der Waals surface area contributed by atoms with Gasteiger partial charge in [-0.1, -0.05) is 24.3 Å². The highest BCUT2D eigenvalue weighted by Crippen LogP contribution is 2.26. The van der Waals surface area contributed by atoms with E-state index in [4.69, 9.17) is 10.5 Å². The smallest absolute Gasteiger partial charge is 0.326 e. The molecule has 5 nitrogen and oxygen atoms in total. The minimum atomic E-state index is -0.250. The number of nitrogens with one attached hydrogen (secondary N) is 1. The molecule has 2 amide bonds. The number of benzene rings is 2. The average Bonchev–Trinajstić information content (AvgIpc) is 2.50. The van der Waals surface area contributed by atoms with Gasteiger partial charge in [0, 0.05) is 6.54 Å². The number of ether oxygens (including phenoxy) is 1. The van der Waals surface area contributed by atoms with Crippen molar-refractivity contribution in [2.45, 2.75) is 6.92 Å². The number of nitrogens with zero attached hydrogens (tertiary/aromatic N) is 1. The summed E-state index contributed by atoms with van der Waals surface area (Å²) in [6.07, 6.45) is 0. The third-order valence-corrected chi connectivity index (χ3v) is 3.14. The molecule has 21 heavy (non-hydrogen) atoms. The minimum absolute atomic E-state index is 0.250. The van der Waals surface area contributed by atoms with Crippen molar-refractivity contribution in [3.63, 3.8) is 0 Å². The molecule has 2 rings (SSSR count). The largest absolute Gasteiger partial charge is 0.495 e. The number of rotatable bonds is 4. The van der Waals surface area contributed by atoms with Crippen molar-refractivity contribution in [2.75, 3.05) is 29.6 Å². The molecule has 0 aliphatic rings. The van der Waals surface area contributed by atoms with Crippen LogP contribution in [0.1, 0.15) is 6.92 Å². The Hall–Kier alpha value is -2.69. The van der Waals surface area contributed by atoms with Crippen molar-refractivity contribution in [3.8, 4) is 5.75 Å². The Kier molecular flexibility index (Phi) is 4.66. The molecule has 5 heteroatoms. The van der Waals surface area contributed by atoms with Gasteiger partial charge in [0.2, 0.25) is 0 Å². The van der Waals surface area contributed by atoms with E-state index in [1.54, 1.807) is 30.2 Å². The highest BCUT2D eigenvalue weighted by molar-refractivity contribution is 6.04. The van der Waals surface area contributed by atoms with Gasteiger partial charge in [0.15, 0.2) is 0 Å². The third-order valence-electron chi connectivity index (χ3n) is 3.14. The first-order valence-corrected chi connectivity index (χ1v) is 6.73. The number of hydrogen-bond acceptors (Lipinski definition) is 3. The van der Waals surface area contributed by atoms with Gasteiger partial charge >= 0.3 is 6.03 Å². The van der Waals surface area contributed by atoms with Crippen LogP contribution in [-0.4, -0.2) is 19.7 Å². The van der Waals surface area contributed by atoms with E-state index in [0.717, 1.165) is 0 Å². The predicted octanol–water partition coefficient (Wildman–Crippen LogP) is 3.34. The van der Waals surface area contributed by atoms with Gasteiger partial charge in [0.25, 0.3) is 0 Å². The normalized spacial score (nSPS) is 10.0. The molecule has 0 heterocycles.